The number of nitrogens with zero attached hydrogens (tertiary/aromatic N) is 1. The number of carbonyl (C=O) groups is 2. The fourth-order valence-corrected chi connectivity index (χ4v) is 2.03. The van der Waals surface area contributed by atoms with Gasteiger partial charge in [-0.15, -0.1) is 0 Å². The number of benzene rings is 2. The van der Waals surface area contributed by atoms with Crippen molar-refractivity contribution in [3.63, 3.8) is 0 Å². The van der Waals surface area contributed by atoms with Crippen molar-refractivity contribution in [2.75, 3.05) is 6.54 Å². The monoisotopic (exact) mass is 327 g/mol. The maximum absolute atomic E-state index is 13.4. The molecule has 0 saturated heterocycles. The topological polar surface area (TPSA) is 70.6 Å². The van der Waals surface area contributed by atoms with Gasteiger partial charge in [0.15, 0.2) is 0 Å². The van der Waals surface area contributed by atoms with Gasteiger partial charge in [0.1, 0.15) is 5.82 Å². The summed E-state index contributed by atoms with van der Waals surface area (Å²) in [7, 11) is 0. The molecule has 2 aromatic carbocycles. The Morgan fingerprint density at radius 2 is 1.71 bits per heavy atom. The number of hydrazone groups is 1. The molecule has 0 aliphatic carbocycles. The number of hydrogen-bond acceptors (Lipinski definition) is 3. The van der Waals surface area contributed by atoms with E-state index in [9.17, 15) is 14.0 Å². The Morgan fingerprint density at radius 1 is 1.04 bits per heavy atom. The molecule has 5 nitrogen and oxygen atoms in total. The van der Waals surface area contributed by atoms with E-state index in [1.54, 1.807) is 13.0 Å². The van der Waals surface area contributed by atoms with Crippen LogP contribution in [-0.2, 0) is 11.2 Å². The van der Waals surface area contributed by atoms with Crippen molar-refractivity contribution in [2.24, 2.45) is 5.10 Å². The highest BCUT2D eigenvalue weighted by Crippen LogP contribution is 2.05. The van der Waals surface area contributed by atoms with Crippen LogP contribution in [0.3, 0.4) is 0 Å². The lowest BCUT2D eigenvalue weighted by Crippen LogP contribution is -2.35. The number of rotatable bonds is 6. The highest BCUT2D eigenvalue weighted by Gasteiger charge is 2.11. The maximum atomic E-state index is 13.4. The van der Waals surface area contributed by atoms with Gasteiger partial charge in [0.25, 0.3) is 11.8 Å². The first-order valence-corrected chi connectivity index (χ1v) is 7.45. The Kier molecular flexibility index (Phi) is 6.19. The zero-order valence-electron chi connectivity index (χ0n) is 13.3. The molecule has 0 spiro atoms. The molecule has 24 heavy (non-hydrogen) atoms. The second-order valence-corrected chi connectivity index (χ2v) is 5.21. The standard InChI is InChI=1S/C18H18FN3O2/c1-13(11-14-7-3-2-4-8-14)21-22-17(23)12-20-18(24)15-9-5-6-10-16(15)19/h2-10H,11-12H2,1H3,(H,20,24)(H,22,23)/b21-13-. The van der Waals surface area contributed by atoms with Crippen molar-refractivity contribution >= 4 is 17.5 Å². The average Bonchev–Trinajstić information content (AvgIpc) is 2.59. The molecule has 0 bridgehead atoms. The van der Waals surface area contributed by atoms with Crippen molar-refractivity contribution < 1.29 is 14.0 Å². The van der Waals surface area contributed by atoms with Gasteiger partial charge < -0.3 is 5.32 Å². The van der Waals surface area contributed by atoms with Crippen LogP contribution in [0, 0.1) is 5.82 Å². The van der Waals surface area contributed by atoms with Crippen LogP contribution in [-0.4, -0.2) is 24.1 Å². The molecule has 6 heteroatoms. The van der Waals surface area contributed by atoms with Crippen molar-refractivity contribution in [1.82, 2.24) is 10.7 Å². The third-order valence-electron chi connectivity index (χ3n) is 3.20. The van der Waals surface area contributed by atoms with E-state index >= 15 is 0 Å². The molecular weight excluding hydrogens is 309 g/mol. The molecule has 2 rings (SSSR count). The highest BCUT2D eigenvalue weighted by atomic mass is 19.1. The Bertz CT molecular complexity index is 745. The van der Waals surface area contributed by atoms with Crippen molar-refractivity contribution in [3.05, 3.63) is 71.5 Å². The quantitative estimate of drug-likeness (QED) is 0.631. The third-order valence-corrected chi connectivity index (χ3v) is 3.20. The van der Waals surface area contributed by atoms with E-state index in [-0.39, 0.29) is 12.1 Å². The first kappa shape index (κ1) is 17.3. The van der Waals surface area contributed by atoms with Crippen LogP contribution in [0.2, 0.25) is 0 Å². The van der Waals surface area contributed by atoms with Gasteiger partial charge in [0.2, 0.25) is 0 Å². The van der Waals surface area contributed by atoms with Crippen LogP contribution in [0.25, 0.3) is 0 Å². The number of hydrogen-bond donors (Lipinski definition) is 2. The summed E-state index contributed by atoms with van der Waals surface area (Å²) in [5.74, 6) is -1.76. The SMILES string of the molecule is C/C(Cc1ccccc1)=N/NC(=O)CNC(=O)c1ccccc1F. The Morgan fingerprint density at radius 3 is 2.42 bits per heavy atom. The molecular formula is C18H18FN3O2. The van der Waals surface area contributed by atoms with Crippen LogP contribution in [0.5, 0.6) is 0 Å². The summed E-state index contributed by atoms with van der Waals surface area (Å²) in [5.41, 5.74) is 4.08. The molecule has 0 unspecified atom stereocenters. The third kappa shape index (κ3) is 5.31. The Labute approximate surface area is 139 Å². The lowest BCUT2D eigenvalue weighted by Gasteiger charge is -2.06. The number of carbonyl (C=O) groups excluding carboxylic acids is 2. The summed E-state index contributed by atoms with van der Waals surface area (Å²) in [6.45, 7) is 1.51. The predicted molar refractivity (Wildman–Crippen MR) is 90.1 cm³/mol. The molecule has 0 fully saturated rings. The smallest absolute Gasteiger partial charge is 0.259 e. The fraction of sp³-hybridized carbons (Fsp3) is 0.167. The van der Waals surface area contributed by atoms with Crippen LogP contribution in [0.4, 0.5) is 4.39 Å². The predicted octanol–water partition coefficient (Wildman–Crippen LogP) is 2.29. The van der Waals surface area contributed by atoms with Gasteiger partial charge >= 0.3 is 0 Å². The largest absolute Gasteiger partial charge is 0.343 e. The molecule has 0 radical (unpaired) electrons. The summed E-state index contributed by atoms with van der Waals surface area (Å²) >= 11 is 0. The van der Waals surface area contributed by atoms with E-state index < -0.39 is 17.6 Å². The molecule has 0 heterocycles. The minimum absolute atomic E-state index is 0.103. The lowest BCUT2D eigenvalue weighted by atomic mass is 10.1. The van der Waals surface area contributed by atoms with Crippen LogP contribution < -0.4 is 10.7 Å². The molecule has 2 aromatic rings. The van der Waals surface area contributed by atoms with Crippen LogP contribution in [0.1, 0.15) is 22.8 Å². The lowest BCUT2D eigenvalue weighted by molar-refractivity contribution is -0.120. The molecule has 0 atom stereocenters. The summed E-state index contributed by atoms with van der Waals surface area (Å²) in [4.78, 5) is 23.5. The number of nitrogens with one attached hydrogen (secondary N) is 2. The zero-order chi connectivity index (χ0) is 17.4. The van der Waals surface area contributed by atoms with Gasteiger partial charge in [-0.25, -0.2) is 9.82 Å². The summed E-state index contributed by atoms with van der Waals surface area (Å²) < 4.78 is 13.4. The minimum atomic E-state index is -0.645. The van der Waals surface area contributed by atoms with Crippen molar-refractivity contribution in [3.8, 4) is 0 Å². The summed E-state index contributed by atoms with van der Waals surface area (Å²) in [5, 5.41) is 6.33. The van der Waals surface area contributed by atoms with E-state index in [0.717, 1.165) is 11.3 Å². The molecule has 124 valence electrons. The molecule has 0 saturated carbocycles. The molecule has 0 aromatic heterocycles. The summed E-state index contributed by atoms with van der Waals surface area (Å²) in [6.07, 6.45) is 0.614. The van der Waals surface area contributed by atoms with Gasteiger partial charge in [-0.2, -0.15) is 5.10 Å². The van der Waals surface area contributed by atoms with Gasteiger partial charge in [-0.1, -0.05) is 42.5 Å². The van der Waals surface area contributed by atoms with Crippen LogP contribution >= 0.6 is 0 Å². The number of halogens is 1. The van der Waals surface area contributed by atoms with Crippen molar-refractivity contribution in [1.29, 1.82) is 0 Å². The maximum Gasteiger partial charge on any atom is 0.259 e. The molecule has 2 N–H and O–H groups in total. The van der Waals surface area contributed by atoms with E-state index in [2.05, 4.69) is 15.8 Å². The average molecular weight is 327 g/mol. The second-order valence-electron chi connectivity index (χ2n) is 5.21. The summed E-state index contributed by atoms with van der Waals surface area (Å²) in [6, 6.07) is 15.3. The normalized spacial score (nSPS) is 11.0. The van der Waals surface area contributed by atoms with E-state index in [1.165, 1.54) is 18.2 Å². The number of amides is 2. The van der Waals surface area contributed by atoms with Gasteiger partial charge in [-0.05, 0) is 24.6 Å². The highest BCUT2D eigenvalue weighted by molar-refractivity contribution is 5.96. The van der Waals surface area contributed by atoms with E-state index in [4.69, 9.17) is 0 Å². The minimum Gasteiger partial charge on any atom is -0.343 e. The van der Waals surface area contributed by atoms with E-state index in [0.29, 0.717) is 6.42 Å². The first-order chi connectivity index (χ1) is 11.6. The van der Waals surface area contributed by atoms with E-state index in [1.807, 2.05) is 30.3 Å². The fourth-order valence-electron chi connectivity index (χ4n) is 2.03. The molecule has 0 aliphatic rings. The molecule has 0 aliphatic heterocycles. The first-order valence-electron chi connectivity index (χ1n) is 7.45. The second kappa shape index (κ2) is 8.57. The van der Waals surface area contributed by atoms with Gasteiger partial charge in [-0.3, -0.25) is 9.59 Å². The Balaban J connectivity index is 1.80. The van der Waals surface area contributed by atoms with Gasteiger partial charge in [0, 0.05) is 12.1 Å². The van der Waals surface area contributed by atoms with Gasteiger partial charge in [0.05, 0.1) is 12.1 Å². The van der Waals surface area contributed by atoms with Crippen molar-refractivity contribution in [2.45, 2.75) is 13.3 Å². The van der Waals surface area contributed by atoms with Crippen LogP contribution in [0.15, 0.2) is 59.7 Å². The molecule has 2 amide bonds. The zero-order valence-corrected chi connectivity index (χ0v) is 13.3. The Hall–Kier alpha value is -3.02.